The molecule has 1 saturated heterocycles. The first-order valence-electron chi connectivity index (χ1n) is 9.68. The Balaban J connectivity index is 1.63. The smallest absolute Gasteiger partial charge is 0.263 e. The van der Waals surface area contributed by atoms with Gasteiger partial charge in [0.25, 0.3) is 5.56 Å². The Morgan fingerprint density at radius 1 is 1.00 bits per heavy atom. The fourth-order valence-electron chi connectivity index (χ4n) is 3.69. The summed E-state index contributed by atoms with van der Waals surface area (Å²) in [6, 6.07) is 14.2. The van der Waals surface area contributed by atoms with Gasteiger partial charge in [-0.1, -0.05) is 36.4 Å². The van der Waals surface area contributed by atoms with Crippen LogP contribution < -0.4 is 5.56 Å². The van der Waals surface area contributed by atoms with Gasteiger partial charge < -0.3 is 4.74 Å². The summed E-state index contributed by atoms with van der Waals surface area (Å²) >= 11 is 3.21. The maximum absolute atomic E-state index is 13.7. The van der Waals surface area contributed by atoms with E-state index in [4.69, 9.17) is 9.72 Å². The molecular weight excluding hydrogens is 402 g/mol. The molecule has 7 heteroatoms. The number of rotatable bonds is 5. The molecule has 0 aliphatic carbocycles. The molecule has 29 heavy (non-hydrogen) atoms. The molecule has 0 atom stereocenters. The molecule has 1 aliphatic heterocycles. The van der Waals surface area contributed by atoms with Crippen molar-refractivity contribution in [2.24, 2.45) is 0 Å². The number of ether oxygens (including phenoxy) is 1. The SMILES string of the molecule is O=c1c2c(-c3cccs3)csc2nc(CN2CCOCC2)n1Cc1ccccc1. The van der Waals surface area contributed by atoms with Gasteiger partial charge in [-0.15, -0.1) is 22.7 Å². The number of hydrogen-bond acceptors (Lipinski definition) is 6. The fraction of sp³-hybridized carbons (Fsp3) is 0.273. The summed E-state index contributed by atoms with van der Waals surface area (Å²) in [5, 5.41) is 4.84. The molecule has 0 bridgehead atoms. The van der Waals surface area contributed by atoms with Crippen LogP contribution in [0.15, 0.2) is 58.0 Å². The van der Waals surface area contributed by atoms with Crippen molar-refractivity contribution < 1.29 is 4.74 Å². The van der Waals surface area contributed by atoms with E-state index in [2.05, 4.69) is 28.5 Å². The van der Waals surface area contributed by atoms with Crippen molar-refractivity contribution in [3.63, 3.8) is 0 Å². The molecule has 1 fully saturated rings. The van der Waals surface area contributed by atoms with Crippen LogP contribution >= 0.6 is 22.7 Å². The van der Waals surface area contributed by atoms with Crippen LogP contribution in [-0.2, 0) is 17.8 Å². The Bertz CT molecular complexity index is 1160. The molecule has 0 amide bonds. The average molecular weight is 424 g/mol. The second-order valence-corrected chi connectivity index (χ2v) is 8.91. The number of nitrogens with zero attached hydrogens (tertiary/aromatic N) is 3. The molecule has 0 spiro atoms. The molecule has 4 aromatic rings. The van der Waals surface area contributed by atoms with E-state index in [-0.39, 0.29) is 5.56 Å². The highest BCUT2D eigenvalue weighted by molar-refractivity contribution is 7.18. The number of morpholine rings is 1. The quantitative estimate of drug-likeness (QED) is 0.486. The van der Waals surface area contributed by atoms with Crippen molar-refractivity contribution in [3.8, 4) is 10.4 Å². The number of fused-ring (bicyclic) bond motifs is 1. The van der Waals surface area contributed by atoms with Crippen molar-refractivity contribution in [1.82, 2.24) is 14.5 Å². The zero-order chi connectivity index (χ0) is 19.6. The van der Waals surface area contributed by atoms with Crippen LogP contribution in [0, 0.1) is 0 Å². The summed E-state index contributed by atoms with van der Waals surface area (Å²) in [5.74, 6) is 0.827. The van der Waals surface area contributed by atoms with Gasteiger partial charge in [0, 0.05) is 28.9 Å². The zero-order valence-corrected chi connectivity index (χ0v) is 17.5. The number of benzene rings is 1. The third kappa shape index (κ3) is 3.79. The van der Waals surface area contributed by atoms with Crippen LogP contribution in [0.3, 0.4) is 0 Å². The Labute approximate surface area is 176 Å². The minimum absolute atomic E-state index is 0.0479. The second kappa shape index (κ2) is 8.20. The highest BCUT2D eigenvalue weighted by Crippen LogP contribution is 2.34. The predicted molar refractivity (Wildman–Crippen MR) is 119 cm³/mol. The van der Waals surface area contributed by atoms with Crippen molar-refractivity contribution in [3.05, 3.63) is 75.0 Å². The standard InChI is InChI=1S/C22H21N3O2S2/c26-22-20-17(18-7-4-12-28-18)15-29-21(20)23-19(14-24-8-10-27-11-9-24)25(22)13-16-5-2-1-3-6-16/h1-7,12,15H,8-11,13-14H2. The summed E-state index contributed by atoms with van der Waals surface area (Å²) in [6.07, 6.45) is 0. The summed E-state index contributed by atoms with van der Waals surface area (Å²) < 4.78 is 7.33. The Morgan fingerprint density at radius 3 is 2.59 bits per heavy atom. The van der Waals surface area contributed by atoms with Crippen LogP contribution in [-0.4, -0.2) is 40.8 Å². The lowest BCUT2D eigenvalue weighted by atomic mass is 10.2. The van der Waals surface area contributed by atoms with E-state index in [0.29, 0.717) is 13.1 Å². The Morgan fingerprint density at radius 2 is 1.83 bits per heavy atom. The Kier molecular flexibility index (Phi) is 5.28. The lowest BCUT2D eigenvalue weighted by Gasteiger charge is -2.27. The molecule has 1 aliphatic rings. The van der Waals surface area contributed by atoms with E-state index in [1.54, 1.807) is 22.7 Å². The first kappa shape index (κ1) is 18.7. The lowest BCUT2D eigenvalue weighted by Crippen LogP contribution is -2.38. The van der Waals surface area contributed by atoms with E-state index in [1.165, 1.54) is 0 Å². The van der Waals surface area contributed by atoms with Gasteiger partial charge in [-0.3, -0.25) is 14.3 Å². The normalized spacial score (nSPS) is 15.2. The average Bonchev–Trinajstić information content (AvgIpc) is 3.42. The largest absolute Gasteiger partial charge is 0.379 e. The summed E-state index contributed by atoms with van der Waals surface area (Å²) in [7, 11) is 0. The molecular formula is C22H21N3O2S2. The fourth-order valence-corrected chi connectivity index (χ4v) is 5.46. The van der Waals surface area contributed by atoms with Gasteiger partial charge in [0.15, 0.2) is 0 Å². The number of thiophene rings is 2. The van der Waals surface area contributed by atoms with Crippen LogP contribution in [0.1, 0.15) is 11.4 Å². The van der Waals surface area contributed by atoms with Crippen molar-refractivity contribution in [1.29, 1.82) is 0 Å². The van der Waals surface area contributed by atoms with E-state index in [1.807, 2.05) is 34.2 Å². The molecule has 3 aromatic heterocycles. The number of aromatic nitrogens is 2. The van der Waals surface area contributed by atoms with E-state index in [0.717, 1.165) is 58.3 Å². The molecule has 0 saturated carbocycles. The third-order valence-corrected chi connectivity index (χ3v) is 6.99. The Hall–Kier alpha value is -2.32. The van der Waals surface area contributed by atoms with E-state index >= 15 is 0 Å². The van der Waals surface area contributed by atoms with Gasteiger partial charge in [0.1, 0.15) is 10.7 Å². The van der Waals surface area contributed by atoms with Gasteiger partial charge in [-0.2, -0.15) is 0 Å². The summed E-state index contributed by atoms with van der Waals surface area (Å²) in [4.78, 5) is 22.9. The lowest BCUT2D eigenvalue weighted by molar-refractivity contribution is 0.0325. The van der Waals surface area contributed by atoms with Crippen molar-refractivity contribution >= 4 is 32.9 Å². The molecule has 5 rings (SSSR count). The first-order valence-corrected chi connectivity index (χ1v) is 11.4. The van der Waals surface area contributed by atoms with Crippen molar-refractivity contribution in [2.75, 3.05) is 26.3 Å². The summed E-state index contributed by atoms with van der Waals surface area (Å²) in [6.45, 7) is 4.38. The molecule has 0 radical (unpaired) electrons. The van der Waals surface area contributed by atoms with Gasteiger partial charge >= 0.3 is 0 Å². The van der Waals surface area contributed by atoms with Crippen molar-refractivity contribution in [2.45, 2.75) is 13.1 Å². The van der Waals surface area contributed by atoms with Gasteiger partial charge in [0.05, 0.1) is 31.7 Å². The molecule has 0 N–H and O–H groups in total. The topological polar surface area (TPSA) is 47.4 Å². The van der Waals surface area contributed by atoms with Gasteiger partial charge in [0.2, 0.25) is 0 Å². The maximum Gasteiger partial charge on any atom is 0.263 e. The van der Waals surface area contributed by atoms with Crippen LogP contribution in [0.25, 0.3) is 20.7 Å². The minimum atomic E-state index is 0.0479. The van der Waals surface area contributed by atoms with E-state index in [9.17, 15) is 4.79 Å². The molecule has 0 unspecified atom stereocenters. The van der Waals surface area contributed by atoms with Gasteiger partial charge in [-0.05, 0) is 17.0 Å². The maximum atomic E-state index is 13.7. The van der Waals surface area contributed by atoms with E-state index < -0.39 is 0 Å². The first-order chi connectivity index (χ1) is 14.3. The summed E-state index contributed by atoms with van der Waals surface area (Å²) in [5.41, 5.74) is 2.15. The highest BCUT2D eigenvalue weighted by Gasteiger charge is 2.20. The molecule has 4 heterocycles. The van der Waals surface area contributed by atoms with Gasteiger partial charge in [-0.25, -0.2) is 4.98 Å². The van der Waals surface area contributed by atoms with Crippen LogP contribution in [0.4, 0.5) is 0 Å². The van der Waals surface area contributed by atoms with Crippen LogP contribution in [0.2, 0.25) is 0 Å². The minimum Gasteiger partial charge on any atom is -0.379 e. The number of hydrogen-bond donors (Lipinski definition) is 0. The molecule has 5 nitrogen and oxygen atoms in total. The second-order valence-electron chi connectivity index (χ2n) is 7.10. The third-order valence-electron chi connectivity index (χ3n) is 5.21. The molecule has 148 valence electrons. The zero-order valence-electron chi connectivity index (χ0n) is 15.9. The molecule has 1 aromatic carbocycles. The highest BCUT2D eigenvalue weighted by atomic mass is 32.1. The monoisotopic (exact) mass is 423 g/mol. The predicted octanol–water partition coefficient (Wildman–Crippen LogP) is 4.07. The van der Waals surface area contributed by atoms with Crippen LogP contribution in [0.5, 0.6) is 0 Å².